The SMILES string of the molecule is CCCCCCCCN(CCCCCCCC)CCn1cnc2ccccc21. The third-order valence-electron chi connectivity index (χ3n) is 5.84. The Labute approximate surface area is 173 Å². The lowest BCUT2D eigenvalue weighted by molar-refractivity contribution is 0.251. The molecule has 0 atom stereocenters. The van der Waals surface area contributed by atoms with Gasteiger partial charge in [-0.15, -0.1) is 0 Å². The predicted molar refractivity (Wildman–Crippen MR) is 123 cm³/mol. The van der Waals surface area contributed by atoms with Crippen LogP contribution in [0.1, 0.15) is 90.9 Å². The molecule has 158 valence electrons. The summed E-state index contributed by atoms with van der Waals surface area (Å²) in [6, 6.07) is 8.48. The van der Waals surface area contributed by atoms with Crippen LogP contribution in [0, 0.1) is 0 Å². The van der Waals surface area contributed by atoms with Crippen molar-refractivity contribution in [2.24, 2.45) is 0 Å². The average molecular weight is 386 g/mol. The van der Waals surface area contributed by atoms with Crippen LogP contribution in [0.25, 0.3) is 11.0 Å². The number of benzene rings is 1. The highest BCUT2D eigenvalue weighted by molar-refractivity contribution is 5.74. The van der Waals surface area contributed by atoms with Gasteiger partial charge in [-0.3, -0.25) is 0 Å². The van der Waals surface area contributed by atoms with Gasteiger partial charge in [-0.05, 0) is 38.1 Å². The zero-order valence-electron chi connectivity index (χ0n) is 18.5. The first-order chi connectivity index (χ1) is 13.8. The van der Waals surface area contributed by atoms with Crippen molar-refractivity contribution in [3.05, 3.63) is 30.6 Å². The molecule has 0 saturated heterocycles. The third kappa shape index (κ3) is 8.77. The maximum absolute atomic E-state index is 4.55. The molecule has 0 amide bonds. The van der Waals surface area contributed by atoms with Crippen LogP contribution < -0.4 is 0 Å². The summed E-state index contributed by atoms with van der Waals surface area (Å²) in [5, 5.41) is 0. The van der Waals surface area contributed by atoms with Crippen molar-refractivity contribution in [2.45, 2.75) is 97.4 Å². The molecule has 0 saturated carbocycles. The normalized spacial score (nSPS) is 11.7. The van der Waals surface area contributed by atoms with Crippen molar-refractivity contribution in [2.75, 3.05) is 19.6 Å². The van der Waals surface area contributed by atoms with E-state index in [1.807, 2.05) is 6.33 Å². The van der Waals surface area contributed by atoms with E-state index in [4.69, 9.17) is 0 Å². The summed E-state index contributed by atoms with van der Waals surface area (Å²) in [7, 11) is 0. The van der Waals surface area contributed by atoms with Crippen molar-refractivity contribution in [1.82, 2.24) is 14.5 Å². The molecule has 2 aromatic rings. The zero-order chi connectivity index (χ0) is 19.9. The van der Waals surface area contributed by atoms with E-state index in [2.05, 4.69) is 52.6 Å². The first kappa shape index (κ1) is 22.9. The molecule has 0 bridgehead atoms. The van der Waals surface area contributed by atoms with E-state index in [1.54, 1.807) is 0 Å². The first-order valence-electron chi connectivity index (χ1n) is 12.0. The Hall–Kier alpha value is -1.35. The largest absolute Gasteiger partial charge is 0.329 e. The number of hydrogen-bond acceptors (Lipinski definition) is 2. The van der Waals surface area contributed by atoms with Crippen LogP contribution in [0.3, 0.4) is 0 Å². The maximum Gasteiger partial charge on any atom is 0.0958 e. The number of imidazole rings is 1. The molecule has 0 spiro atoms. The fraction of sp³-hybridized carbons (Fsp3) is 0.720. The Balaban J connectivity index is 1.75. The number of fused-ring (bicyclic) bond motifs is 1. The minimum atomic E-state index is 1.05. The smallest absolute Gasteiger partial charge is 0.0958 e. The summed E-state index contributed by atoms with van der Waals surface area (Å²) >= 11 is 0. The first-order valence-corrected chi connectivity index (χ1v) is 12.0. The van der Waals surface area contributed by atoms with Gasteiger partial charge in [0.05, 0.1) is 17.4 Å². The second-order valence-electron chi connectivity index (χ2n) is 8.30. The quantitative estimate of drug-likeness (QED) is 0.272. The van der Waals surface area contributed by atoms with Crippen molar-refractivity contribution < 1.29 is 0 Å². The number of aromatic nitrogens is 2. The standard InChI is InChI=1S/C25H43N3/c1-3-5-7-9-11-15-19-27(20-16-12-10-8-6-4-2)21-22-28-23-26-24-17-13-14-18-25(24)28/h13-14,17-18,23H,3-12,15-16,19-22H2,1-2H3. The van der Waals surface area contributed by atoms with Gasteiger partial charge in [-0.1, -0.05) is 90.2 Å². The lowest BCUT2D eigenvalue weighted by Gasteiger charge is -2.23. The summed E-state index contributed by atoms with van der Waals surface area (Å²) in [5.41, 5.74) is 2.38. The number of para-hydroxylation sites is 2. The maximum atomic E-state index is 4.55. The van der Waals surface area contributed by atoms with E-state index in [9.17, 15) is 0 Å². The fourth-order valence-electron chi connectivity index (χ4n) is 4.00. The Morgan fingerprint density at radius 1 is 0.714 bits per heavy atom. The number of hydrogen-bond donors (Lipinski definition) is 0. The molecule has 3 nitrogen and oxygen atoms in total. The van der Waals surface area contributed by atoms with E-state index in [0.29, 0.717) is 0 Å². The average Bonchev–Trinajstić information content (AvgIpc) is 3.14. The summed E-state index contributed by atoms with van der Waals surface area (Å²) in [6.45, 7) is 9.29. The highest BCUT2D eigenvalue weighted by Gasteiger charge is 2.07. The van der Waals surface area contributed by atoms with Gasteiger partial charge in [-0.25, -0.2) is 4.98 Å². The molecule has 0 radical (unpaired) electrons. The third-order valence-corrected chi connectivity index (χ3v) is 5.84. The summed E-state index contributed by atoms with van der Waals surface area (Å²) < 4.78 is 2.32. The molecule has 3 heteroatoms. The van der Waals surface area contributed by atoms with Gasteiger partial charge in [0.15, 0.2) is 0 Å². The fourth-order valence-corrected chi connectivity index (χ4v) is 4.00. The Bertz CT molecular complexity index is 603. The summed E-state index contributed by atoms with van der Waals surface area (Å²) in [5.74, 6) is 0. The molecule has 0 aliphatic heterocycles. The molecule has 0 fully saturated rings. The zero-order valence-corrected chi connectivity index (χ0v) is 18.5. The number of rotatable bonds is 17. The number of nitrogens with zero attached hydrogens (tertiary/aromatic N) is 3. The van der Waals surface area contributed by atoms with Gasteiger partial charge in [0.25, 0.3) is 0 Å². The monoisotopic (exact) mass is 385 g/mol. The van der Waals surface area contributed by atoms with Gasteiger partial charge < -0.3 is 9.47 Å². The molecule has 0 aliphatic rings. The van der Waals surface area contributed by atoms with Crippen LogP contribution in [-0.2, 0) is 6.54 Å². The minimum Gasteiger partial charge on any atom is -0.329 e. The lowest BCUT2D eigenvalue weighted by atomic mass is 10.1. The number of unbranched alkanes of at least 4 members (excludes halogenated alkanes) is 10. The van der Waals surface area contributed by atoms with Gasteiger partial charge in [0.2, 0.25) is 0 Å². The second-order valence-corrected chi connectivity index (χ2v) is 8.30. The molecular weight excluding hydrogens is 342 g/mol. The van der Waals surface area contributed by atoms with Crippen LogP contribution in [0.2, 0.25) is 0 Å². The molecule has 0 N–H and O–H groups in total. The molecule has 0 aliphatic carbocycles. The summed E-state index contributed by atoms with van der Waals surface area (Å²) in [4.78, 5) is 7.25. The molecule has 1 heterocycles. The summed E-state index contributed by atoms with van der Waals surface area (Å²) in [6.07, 6.45) is 18.6. The van der Waals surface area contributed by atoms with Gasteiger partial charge in [0.1, 0.15) is 0 Å². The van der Waals surface area contributed by atoms with E-state index in [0.717, 1.165) is 18.6 Å². The van der Waals surface area contributed by atoms with E-state index in [1.165, 1.54) is 95.7 Å². The van der Waals surface area contributed by atoms with Crippen LogP contribution in [-0.4, -0.2) is 34.1 Å². The lowest BCUT2D eigenvalue weighted by Crippen LogP contribution is -2.29. The van der Waals surface area contributed by atoms with Crippen LogP contribution in [0.5, 0.6) is 0 Å². The van der Waals surface area contributed by atoms with E-state index in [-0.39, 0.29) is 0 Å². The van der Waals surface area contributed by atoms with Gasteiger partial charge in [-0.2, -0.15) is 0 Å². The Kier molecular flexibility index (Phi) is 12.0. The molecule has 1 aromatic carbocycles. The van der Waals surface area contributed by atoms with Crippen LogP contribution in [0.15, 0.2) is 30.6 Å². The molecular formula is C25H43N3. The van der Waals surface area contributed by atoms with Crippen molar-refractivity contribution in [1.29, 1.82) is 0 Å². The van der Waals surface area contributed by atoms with Gasteiger partial charge >= 0.3 is 0 Å². The highest BCUT2D eigenvalue weighted by atomic mass is 15.2. The van der Waals surface area contributed by atoms with Crippen LogP contribution in [0.4, 0.5) is 0 Å². The van der Waals surface area contributed by atoms with Crippen molar-refractivity contribution in [3.63, 3.8) is 0 Å². The van der Waals surface area contributed by atoms with E-state index < -0.39 is 0 Å². The van der Waals surface area contributed by atoms with Crippen molar-refractivity contribution in [3.8, 4) is 0 Å². The van der Waals surface area contributed by atoms with Gasteiger partial charge in [0, 0.05) is 13.1 Å². The molecule has 0 unspecified atom stereocenters. The second kappa shape index (κ2) is 14.6. The Morgan fingerprint density at radius 3 is 1.93 bits per heavy atom. The molecule has 2 rings (SSSR count). The molecule has 1 aromatic heterocycles. The highest BCUT2D eigenvalue weighted by Crippen LogP contribution is 2.13. The predicted octanol–water partition coefficient (Wildman–Crippen LogP) is 7.06. The minimum absolute atomic E-state index is 1.05. The van der Waals surface area contributed by atoms with Crippen molar-refractivity contribution >= 4 is 11.0 Å². The van der Waals surface area contributed by atoms with E-state index >= 15 is 0 Å². The van der Waals surface area contributed by atoms with Crippen LogP contribution >= 0.6 is 0 Å². The topological polar surface area (TPSA) is 21.1 Å². The molecule has 28 heavy (non-hydrogen) atoms. The Morgan fingerprint density at radius 2 is 1.29 bits per heavy atom.